The molecule has 6 nitrogen and oxygen atoms in total. The number of rotatable bonds is 4. The van der Waals surface area contributed by atoms with Crippen LogP contribution in [-0.2, 0) is 9.53 Å². The first kappa shape index (κ1) is 22.9. The fourth-order valence-corrected chi connectivity index (χ4v) is 6.17. The van der Waals surface area contributed by atoms with E-state index in [1.54, 1.807) is 32.1 Å². The minimum atomic E-state index is -0.648. The minimum Gasteiger partial charge on any atom is -0.506 e. The smallest absolute Gasteiger partial charge is 0.338 e. The third kappa shape index (κ3) is 4.20. The van der Waals surface area contributed by atoms with Crippen LogP contribution >= 0.6 is 49.9 Å². The number of fused-ring (bicyclic) bond motifs is 1. The Bertz CT molecular complexity index is 1430. The van der Waals surface area contributed by atoms with Gasteiger partial charge in [0.25, 0.3) is 5.56 Å². The first-order chi connectivity index (χ1) is 15.3. The summed E-state index contributed by atoms with van der Waals surface area (Å²) >= 11 is 6.69. The summed E-state index contributed by atoms with van der Waals surface area (Å²) in [6.07, 6.45) is 1.65. The fraction of sp³-hybridized carbons (Fsp3) is 0.174. The van der Waals surface area contributed by atoms with Crippen molar-refractivity contribution in [3.63, 3.8) is 0 Å². The Kier molecular flexibility index (Phi) is 6.68. The van der Waals surface area contributed by atoms with E-state index >= 15 is 0 Å². The van der Waals surface area contributed by atoms with Crippen LogP contribution in [0.2, 0.25) is 0 Å². The van der Waals surface area contributed by atoms with E-state index in [1.807, 2.05) is 52.9 Å². The number of esters is 1. The molecule has 0 saturated heterocycles. The van der Waals surface area contributed by atoms with E-state index in [0.29, 0.717) is 29.7 Å². The van der Waals surface area contributed by atoms with E-state index in [1.165, 1.54) is 15.9 Å². The summed E-state index contributed by atoms with van der Waals surface area (Å²) in [4.78, 5) is 31.4. The third-order valence-corrected chi connectivity index (χ3v) is 7.24. The van der Waals surface area contributed by atoms with Gasteiger partial charge in [-0.1, -0.05) is 57.6 Å². The van der Waals surface area contributed by atoms with Crippen molar-refractivity contribution < 1.29 is 14.6 Å². The zero-order chi connectivity index (χ0) is 23.0. The lowest BCUT2D eigenvalue weighted by Gasteiger charge is -2.24. The first-order valence-electron chi connectivity index (χ1n) is 9.74. The van der Waals surface area contributed by atoms with E-state index in [0.717, 1.165) is 10.0 Å². The number of halogens is 2. The van der Waals surface area contributed by atoms with Crippen molar-refractivity contribution in [3.05, 3.63) is 92.6 Å². The molecule has 1 aliphatic heterocycles. The molecule has 0 spiro atoms. The van der Waals surface area contributed by atoms with Gasteiger partial charge in [-0.15, -0.1) is 0 Å². The molecular formula is C23H18BrIN2O4S. The fourth-order valence-electron chi connectivity index (χ4n) is 3.58. The molecule has 9 heteroatoms. The molecule has 0 saturated carbocycles. The number of phenols is 1. The predicted octanol–water partition coefficient (Wildman–Crippen LogP) is 3.87. The topological polar surface area (TPSA) is 80.9 Å². The Morgan fingerprint density at radius 2 is 2.06 bits per heavy atom. The van der Waals surface area contributed by atoms with Gasteiger partial charge in [0, 0.05) is 10.0 Å². The van der Waals surface area contributed by atoms with Gasteiger partial charge >= 0.3 is 5.97 Å². The predicted molar refractivity (Wildman–Crippen MR) is 135 cm³/mol. The van der Waals surface area contributed by atoms with Gasteiger partial charge in [-0.05, 0) is 60.2 Å². The van der Waals surface area contributed by atoms with Crippen molar-refractivity contribution in [2.45, 2.75) is 19.9 Å². The maximum Gasteiger partial charge on any atom is 0.338 e. The van der Waals surface area contributed by atoms with Gasteiger partial charge in [0.1, 0.15) is 5.75 Å². The van der Waals surface area contributed by atoms with Gasteiger partial charge in [0.2, 0.25) is 0 Å². The number of nitrogens with zero attached hydrogens (tertiary/aromatic N) is 2. The molecule has 32 heavy (non-hydrogen) atoms. The number of thiazole rings is 1. The Balaban J connectivity index is 1.98. The lowest BCUT2D eigenvalue weighted by atomic mass is 9.96. The number of carbonyl (C=O) groups excluding carboxylic acids is 1. The van der Waals surface area contributed by atoms with Gasteiger partial charge in [-0.3, -0.25) is 9.36 Å². The van der Waals surface area contributed by atoms with Gasteiger partial charge in [-0.25, -0.2) is 9.79 Å². The first-order valence-corrected chi connectivity index (χ1v) is 12.4. The second-order valence-corrected chi connectivity index (χ2v) is 10.1. The monoisotopic (exact) mass is 624 g/mol. The number of aromatic nitrogens is 1. The summed E-state index contributed by atoms with van der Waals surface area (Å²) in [7, 11) is 0. The maximum absolute atomic E-state index is 13.5. The Labute approximate surface area is 209 Å². The highest BCUT2D eigenvalue weighted by molar-refractivity contribution is 14.1. The summed E-state index contributed by atoms with van der Waals surface area (Å²) in [6.45, 7) is 3.72. The maximum atomic E-state index is 13.5. The van der Waals surface area contributed by atoms with Crippen molar-refractivity contribution in [1.82, 2.24) is 4.57 Å². The highest BCUT2D eigenvalue weighted by atomic mass is 127. The van der Waals surface area contributed by atoms with E-state index in [4.69, 9.17) is 4.74 Å². The quantitative estimate of drug-likeness (QED) is 0.353. The highest BCUT2D eigenvalue weighted by Gasteiger charge is 2.33. The molecular weight excluding hydrogens is 607 g/mol. The number of allylic oxidation sites excluding steroid dienone is 1. The van der Waals surface area contributed by atoms with Crippen LogP contribution in [0.5, 0.6) is 5.75 Å². The molecule has 4 rings (SSSR count). The summed E-state index contributed by atoms with van der Waals surface area (Å²) in [5.74, 6) is -0.390. The van der Waals surface area contributed by atoms with Gasteiger partial charge in [0.05, 0.1) is 32.0 Å². The lowest BCUT2D eigenvalue weighted by molar-refractivity contribution is -0.139. The van der Waals surface area contributed by atoms with Crippen LogP contribution in [0.1, 0.15) is 31.0 Å². The number of hydrogen-bond acceptors (Lipinski definition) is 6. The number of hydrogen-bond donors (Lipinski definition) is 1. The van der Waals surface area contributed by atoms with E-state index < -0.39 is 12.0 Å². The molecule has 1 aliphatic rings. The Hall–Kier alpha value is -2.24. The van der Waals surface area contributed by atoms with Crippen LogP contribution < -0.4 is 14.9 Å². The summed E-state index contributed by atoms with van der Waals surface area (Å²) in [6, 6.07) is 12.3. The van der Waals surface area contributed by atoms with Crippen LogP contribution in [0.25, 0.3) is 6.08 Å². The van der Waals surface area contributed by atoms with E-state index in [-0.39, 0.29) is 17.9 Å². The zero-order valence-electron chi connectivity index (χ0n) is 17.1. The van der Waals surface area contributed by atoms with Gasteiger partial charge in [-0.2, -0.15) is 0 Å². The average Bonchev–Trinajstić information content (AvgIpc) is 3.06. The zero-order valence-corrected chi connectivity index (χ0v) is 21.7. The molecule has 0 aliphatic carbocycles. The highest BCUT2D eigenvalue weighted by Crippen LogP contribution is 2.31. The molecule has 1 atom stereocenters. The molecule has 0 amide bonds. The van der Waals surface area contributed by atoms with Crippen molar-refractivity contribution in [3.8, 4) is 5.75 Å². The van der Waals surface area contributed by atoms with Crippen LogP contribution in [0.4, 0.5) is 0 Å². The van der Waals surface area contributed by atoms with E-state index in [2.05, 4.69) is 20.9 Å². The molecule has 1 aromatic heterocycles. The molecule has 164 valence electrons. The minimum absolute atomic E-state index is 0.0997. The van der Waals surface area contributed by atoms with Crippen LogP contribution in [-0.4, -0.2) is 22.2 Å². The van der Waals surface area contributed by atoms with Crippen molar-refractivity contribution in [1.29, 1.82) is 0 Å². The summed E-state index contributed by atoms with van der Waals surface area (Å²) in [5, 5.41) is 10.5. The largest absolute Gasteiger partial charge is 0.506 e. The average molecular weight is 625 g/mol. The Morgan fingerprint density at radius 1 is 1.34 bits per heavy atom. The second-order valence-electron chi connectivity index (χ2n) is 7.04. The van der Waals surface area contributed by atoms with Gasteiger partial charge < -0.3 is 9.84 Å². The van der Waals surface area contributed by atoms with E-state index in [9.17, 15) is 14.7 Å². The van der Waals surface area contributed by atoms with Crippen LogP contribution in [0.3, 0.4) is 0 Å². The molecule has 2 aromatic carbocycles. The van der Waals surface area contributed by atoms with Crippen molar-refractivity contribution >= 4 is 61.9 Å². The van der Waals surface area contributed by atoms with Crippen molar-refractivity contribution in [2.24, 2.45) is 4.99 Å². The molecule has 1 N–H and O–H groups in total. The molecule has 3 aromatic rings. The van der Waals surface area contributed by atoms with Crippen molar-refractivity contribution in [2.75, 3.05) is 6.61 Å². The molecule has 0 unspecified atom stereocenters. The standard InChI is InChI=1S/C23H18BrIN2O4S/c1-3-31-22(30)18-12(2)26-23-27(19(18)13-7-5-4-6-8-13)21(29)17(32-23)10-14-9-15(24)11-16(25)20(14)28/h4-11,19,28H,3H2,1-2H3/b17-10+/t19-/m0/s1. The second kappa shape index (κ2) is 9.32. The molecule has 0 bridgehead atoms. The van der Waals surface area contributed by atoms with Crippen LogP contribution in [0, 0.1) is 3.57 Å². The lowest BCUT2D eigenvalue weighted by Crippen LogP contribution is -2.39. The molecule has 0 radical (unpaired) electrons. The Morgan fingerprint density at radius 3 is 2.75 bits per heavy atom. The number of phenolic OH excluding ortho intramolecular Hbond substituents is 1. The third-order valence-electron chi connectivity index (χ3n) is 4.98. The SMILES string of the molecule is CCOC(=O)C1=C(C)N=c2s/c(=C/c3cc(Br)cc(I)c3O)c(=O)n2[C@H]1c1ccccc1. The van der Waals surface area contributed by atoms with Crippen LogP contribution in [0.15, 0.2) is 68.0 Å². The normalized spacial score (nSPS) is 16.0. The number of aromatic hydroxyl groups is 1. The summed E-state index contributed by atoms with van der Waals surface area (Å²) in [5.41, 5.74) is 1.89. The molecule has 2 heterocycles. The number of ether oxygens (including phenoxy) is 1. The number of carbonyl (C=O) groups is 1. The number of benzene rings is 2. The van der Waals surface area contributed by atoms with Gasteiger partial charge in [0.15, 0.2) is 4.80 Å². The molecule has 0 fully saturated rings. The summed E-state index contributed by atoms with van der Waals surface area (Å²) < 4.78 is 8.69.